The molecule has 0 aliphatic heterocycles. The lowest BCUT2D eigenvalue weighted by molar-refractivity contribution is -0.128. The van der Waals surface area contributed by atoms with Gasteiger partial charge in [-0.2, -0.15) is 0 Å². The summed E-state index contributed by atoms with van der Waals surface area (Å²) in [6, 6.07) is 6.71. The Hall–Kier alpha value is -1.75. The van der Waals surface area contributed by atoms with Gasteiger partial charge < -0.3 is 19.9 Å². The number of carbonyl (C=O) groups excluding carboxylic acids is 1. The van der Waals surface area contributed by atoms with E-state index in [-0.39, 0.29) is 18.6 Å². The third kappa shape index (κ3) is 4.25. The normalized spacial score (nSPS) is 13.6. The van der Waals surface area contributed by atoms with E-state index < -0.39 is 6.10 Å². The zero-order valence-corrected chi connectivity index (χ0v) is 10.8. The molecule has 18 heavy (non-hydrogen) atoms. The zero-order chi connectivity index (χ0) is 13.5. The minimum atomic E-state index is -0.618. The number of ether oxygens (including phenoxy) is 2. The van der Waals surface area contributed by atoms with Crippen LogP contribution in [0.25, 0.3) is 0 Å². The van der Waals surface area contributed by atoms with E-state index >= 15 is 0 Å². The van der Waals surface area contributed by atoms with Gasteiger partial charge in [0.05, 0.1) is 13.7 Å². The molecular weight excluding hydrogens is 234 g/mol. The second-order valence-corrected chi connectivity index (χ2v) is 4.03. The first-order valence-corrected chi connectivity index (χ1v) is 5.78. The summed E-state index contributed by atoms with van der Waals surface area (Å²) in [5.74, 6) is 1.07. The number of amides is 1. The highest BCUT2D eigenvalue weighted by molar-refractivity contribution is 5.80. The highest BCUT2D eigenvalue weighted by Crippen LogP contribution is 2.18. The summed E-state index contributed by atoms with van der Waals surface area (Å²) < 4.78 is 10.5. The highest BCUT2D eigenvalue weighted by atomic mass is 16.5. The van der Waals surface area contributed by atoms with Crippen molar-refractivity contribution in [3.05, 3.63) is 24.3 Å². The number of nitrogens with one attached hydrogen (secondary N) is 1. The van der Waals surface area contributed by atoms with Gasteiger partial charge in [0.2, 0.25) is 0 Å². The van der Waals surface area contributed by atoms with Crippen LogP contribution in [0.15, 0.2) is 24.3 Å². The van der Waals surface area contributed by atoms with Crippen LogP contribution >= 0.6 is 0 Å². The Kier molecular flexibility index (Phi) is 5.45. The molecule has 0 spiro atoms. The van der Waals surface area contributed by atoms with Gasteiger partial charge >= 0.3 is 0 Å². The molecule has 2 N–H and O–H groups in total. The van der Waals surface area contributed by atoms with Gasteiger partial charge in [0, 0.05) is 6.04 Å². The van der Waals surface area contributed by atoms with Gasteiger partial charge in [-0.25, -0.2) is 0 Å². The number of carbonyl (C=O) groups is 1. The van der Waals surface area contributed by atoms with Crippen molar-refractivity contribution in [2.45, 2.75) is 26.0 Å². The van der Waals surface area contributed by atoms with Crippen molar-refractivity contribution in [2.75, 3.05) is 13.7 Å². The average molecular weight is 253 g/mol. The van der Waals surface area contributed by atoms with E-state index in [0.717, 1.165) is 5.75 Å². The van der Waals surface area contributed by atoms with Gasteiger partial charge in [0.15, 0.2) is 6.10 Å². The predicted octanol–water partition coefficient (Wildman–Crippen LogP) is 0.959. The van der Waals surface area contributed by atoms with E-state index in [1.165, 1.54) is 0 Å². The van der Waals surface area contributed by atoms with Crippen LogP contribution in [0.3, 0.4) is 0 Å². The SMILES string of the molecule is COc1ccc(OC(C)C(=O)N[C@@H](C)CO)cc1. The van der Waals surface area contributed by atoms with Crippen LogP contribution < -0.4 is 14.8 Å². The Morgan fingerprint density at radius 2 is 1.83 bits per heavy atom. The quantitative estimate of drug-likeness (QED) is 0.792. The third-order valence-electron chi connectivity index (χ3n) is 2.40. The second-order valence-electron chi connectivity index (χ2n) is 4.03. The van der Waals surface area contributed by atoms with Crippen LogP contribution in [-0.4, -0.2) is 36.9 Å². The Morgan fingerprint density at radius 1 is 1.28 bits per heavy atom. The van der Waals surface area contributed by atoms with Gasteiger partial charge in [-0.1, -0.05) is 0 Å². The van der Waals surface area contributed by atoms with Gasteiger partial charge in [-0.15, -0.1) is 0 Å². The second kappa shape index (κ2) is 6.86. The molecular formula is C13H19NO4. The standard InChI is InChI=1S/C13H19NO4/c1-9(8-15)14-13(16)10(2)18-12-6-4-11(17-3)5-7-12/h4-7,9-10,15H,8H2,1-3H3,(H,14,16)/t9-,10?/m0/s1. The minimum absolute atomic E-state index is 0.0962. The first-order chi connectivity index (χ1) is 8.56. The molecule has 0 aliphatic rings. The van der Waals surface area contributed by atoms with Crippen molar-refractivity contribution in [3.8, 4) is 11.5 Å². The lowest BCUT2D eigenvalue weighted by Gasteiger charge is -2.17. The molecule has 100 valence electrons. The molecule has 0 saturated carbocycles. The molecule has 0 radical (unpaired) electrons. The molecule has 0 fully saturated rings. The Morgan fingerprint density at radius 3 is 2.33 bits per heavy atom. The zero-order valence-electron chi connectivity index (χ0n) is 10.8. The summed E-state index contributed by atoms with van der Waals surface area (Å²) in [5, 5.41) is 11.5. The van der Waals surface area contributed by atoms with Crippen LogP contribution in [0.1, 0.15) is 13.8 Å². The smallest absolute Gasteiger partial charge is 0.261 e. The summed E-state index contributed by atoms with van der Waals surface area (Å²) in [5.41, 5.74) is 0. The fourth-order valence-corrected chi connectivity index (χ4v) is 1.32. The fraction of sp³-hybridized carbons (Fsp3) is 0.462. The molecule has 1 aromatic rings. The van der Waals surface area contributed by atoms with Gasteiger partial charge in [0.25, 0.3) is 5.91 Å². The molecule has 2 atom stereocenters. The van der Waals surface area contributed by atoms with E-state index in [4.69, 9.17) is 14.6 Å². The summed E-state index contributed by atoms with van der Waals surface area (Å²) in [4.78, 5) is 11.7. The first-order valence-electron chi connectivity index (χ1n) is 5.78. The van der Waals surface area contributed by atoms with Crippen molar-refractivity contribution >= 4 is 5.91 Å². The number of aliphatic hydroxyl groups is 1. The van der Waals surface area contributed by atoms with E-state index in [1.54, 1.807) is 45.2 Å². The molecule has 5 nitrogen and oxygen atoms in total. The van der Waals surface area contributed by atoms with Gasteiger partial charge in [0.1, 0.15) is 11.5 Å². The molecule has 5 heteroatoms. The van der Waals surface area contributed by atoms with Crippen molar-refractivity contribution in [1.29, 1.82) is 0 Å². The molecule has 0 aromatic heterocycles. The number of benzene rings is 1. The lowest BCUT2D eigenvalue weighted by atomic mass is 10.3. The summed E-state index contributed by atoms with van der Waals surface area (Å²) in [7, 11) is 1.59. The van der Waals surface area contributed by atoms with Crippen LogP contribution in [0.5, 0.6) is 11.5 Å². The average Bonchev–Trinajstić information content (AvgIpc) is 2.39. The number of methoxy groups -OCH3 is 1. The highest BCUT2D eigenvalue weighted by Gasteiger charge is 2.16. The number of aliphatic hydroxyl groups excluding tert-OH is 1. The molecule has 1 amide bonds. The Bertz CT molecular complexity index is 377. The molecule has 0 bridgehead atoms. The molecule has 0 saturated heterocycles. The summed E-state index contributed by atoms with van der Waals surface area (Å²) >= 11 is 0. The van der Waals surface area contributed by atoms with Crippen molar-refractivity contribution in [1.82, 2.24) is 5.32 Å². The largest absolute Gasteiger partial charge is 0.497 e. The lowest BCUT2D eigenvalue weighted by Crippen LogP contribution is -2.42. The number of hydrogen-bond donors (Lipinski definition) is 2. The maximum Gasteiger partial charge on any atom is 0.261 e. The maximum absolute atomic E-state index is 11.7. The van der Waals surface area contributed by atoms with Gasteiger partial charge in [-0.05, 0) is 38.1 Å². The van der Waals surface area contributed by atoms with Gasteiger partial charge in [-0.3, -0.25) is 4.79 Å². The minimum Gasteiger partial charge on any atom is -0.497 e. The van der Waals surface area contributed by atoms with E-state index in [2.05, 4.69) is 5.32 Å². The number of hydrogen-bond acceptors (Lipinski definition) is 4. The van der Waals surface area contributed by atoms with Crippen LogP contribution in [0, 0.1) is 0 Å². The summed E-state index contributed by atoms with van der Waals surface area (Å²) in [6.45, 7) is 3.28. The predicted molar refractivity (Wildman–Crippen MR) is 67.8 cm³/mol. The number of rotatable bonds is 6. The molecule has 1 unspecified atom stereocenters. The first kappa shape index (κ1) is 14.3. The monoisotopic (exact) mass is 253 g/mol. The van der Waals surface area contributed by atoms with Crippen LogP contribution in [0.4, 0.5) is 0 Å². The topological polar surface area (TPSA) is 67.8 Å². The van der Waals surface area contributed by atoms with Crippen molar-refractivity contribution in [3.63, 3.8) is 0 Å². The van der Waals surface area contributed by atoms with Crippen molar-refractivity contribution < 1.29 is 19.4 Å². The van der Waals surface area contributed by atoms with Crippen LogP contribution in [-0.2, 0) is 4.79 Å². The third-order valence-corrected chi connectivity index (χ3v) is 2.40. The van der Waals surface area contributed by atoms with Crippen molar-refractivity contribution in [2.24, 2.45) is 0 Å². The fourth-order valence-electron chi connectivity index (χ4n) is 1.32. The molecule has 0 aliphatic carbocycles. The maximum atomic E-state index is 11.7. The Balaban J connectivity index is 2.52. The van der Waals surface area contributed by atoms with E-state index in [1.807, 2.05) is 0 Å². The van der Waals surface area contributed by atoms with E-state index in [9.17, 15) is 4.79 Å². The van der Waals surface area contributed by atoms with E-state index in [0.29, 0.717) is 5.75 Å². The Labute approximate surface area is 107 Å². The van der Waals surface area contributed by atoms with Crippen LogP contribution in [0.2, 0.25) is 0 Å². The molecule has 1 aromatic carbocycles. The molecule has 1 rings (SSSR count). The molecule has 0 heterocycles. The summed E-state index contributed by atoms with van der Waals surface area (Å²) in [6.07, 6.45) is -0.618.